The summed E-state index contributed by atoms with van der Waals surface area (Å²) in [6.07, 6.45) is -25.2. The van der Waals surface area contributed by atoms with Crippen LogP contribution in [-0.4, -0.2) is 340 Å². The maximum atomic E-state index is 11.9. The quantitative estimate of drug-likeness (QED) is 0.0219. The number of hydrogen-bond donors (Lipinski definition) is 20. The standard InChI is InChI=1S/C18H32O9.3C17H30O10/c1-4-5-10(2)6-11-15(22)17(24)16(23)12(27-11)9-26-14(21)8-18(3,25)7-13(19)20;3*1-4-5-9(2)26-16-15(23)14(22)13(21)10(27-16)8-25-12(20)7-17(3,24)6-11(18)19/h10-12,15-17,22-25H,4-9H2,1-3H3,(H,19,20);3*9-10,13-16,21-24H,4-8H2,1-3H3,(H,18,19)/t10-,11?,12?,15?,16?,17?,18+;9-,10?,13?,14?,15?,16?,17+;2*9-,10?,13?,14?,15?,16?,17-/m0110/s1. The molecule has 0 aliphatic carbocycles. The molecule has 4 heterocycles. The van der Waals surface area contributed by atoms with Crippen LogP contribution in [0.3, 0.4) is 0 Å². The topological polar surface area (TPSA) is 643 Å². The number of carbonyl (C=O) groups is 8. The summed E-state index contributed by atoms with van der Waals surface area (Å²) in [6.45, 7) is 18.2. The molecule has 0 aromatic carbocycles. The van der Waals surface area contributed by atoms with Crippen molar-refractivity contribution in [1.29, 1.82) is 0 Å². The van der Waals surface area contributed by atoms with Crippen LogP contribution in [0.4, 0.5) is 0 Å². The van der Waals surface area contributed by atoms with Crippen molar-refractivity contribution in [3.05, 3.63) is 0 Å². The van der Waals surface area contributed by atoms with Crippen molar-refractivity contribution in [3.63, 3.8) is 0 Å². The Bertz CT molecular complexity index is 2330. The average molecular weight is 1580 g/mol. The molecular weight excluding hydrogens is 1450 g/mol. The SMILES string of the molecule is CCC[C@@H](C)OC1OC(COC(=O)C[C@@](C)(O)CC(=O)O)C(O)C(O)C1O.CCC[C@@H](C)OC1OC(COC(=O)C[C@](C)(O)CC(=O)O)C(O)C(O)C1O.CCC[C@H](C)CC1OC(COC(=O)C[C@](C)(O)CC(=O)O)C(O)C(O)C1O.CCC[C@H](C)OC1OC(COC(=O)C[C@@](C)(O)CC(=O)O)C(O)C(O)C1O. The first-order valence-corrected chi connectivity index (χ1v) is 36.0. The summed E-state index contributed by atoms with van der Waals surface area (Å²) in [6, 6.07) is 0. The van der Waals surface area contributed by atoms with Crippen LogP contribution in [0.5, 0.6) is 0 Å². The van der Waals surface area contributed by atoms with E-state index in [0.29, 0.717) is 25.7 Å². The maximum absolute atomic E-state index is 11.9. The Morgan fingerprint density at radius 2 is 0.509 bits per heavy atom. The molecule has 4 fully saturated rings. The molecule has 4 aliphatic heterocycles. The fraction of sp³-hybridized carbons (Fsp3) is 0.884. The van der Waals surface area contributed by atoms with Crippen molar-refractivity contribution >= 4 is 47.8 Å². The van der Waals surface area contributed by atoms with Crippen molar-refractivity contribution in [1.82, 2.24) is 0 Å². The van der Waals surface area contributed by atoms with Gasteiger partial charge in [-0.05, 0) is 80.1 Å². The highest BCUT2D eigenvalue weighted by atomic mass is 16.7. The smallest absolute Gasteiger partial charge is 0.308 e. The molecule has 39 nitrogen and oxygen atoms in total. The monoisotopic (exact) mass is 1570 g/mol. The molecule has 0 bridgehead atoms. The van der Waals surface area contributed by atoms with Gasteiger partial charge in [-0.2, -0.15) is 0 Å². The van der Waals surface area contributed by atoms with Crippen LogP contribution in [0, 0.1) is 5.92 Å². The van der Waals surface area contributed by atoms with E-state index >= 15 is 0 Å². The molecule has 4 saturated heterocycles. The number of carboxylic acid groups (broad SMARTS) is 4. The van der Waals surface area contributed by atoms with Crippen LogP contribution in [-0.2, 0) is 90.5 Å². The number of ether oxygens (including phenoxy) is 11. The summed E-state index contributed by atoms with van der Waals surface area (Å²) in [5, 5.41) is 194. The van der Waals surface area contributed by atoms with Gasteiger partial charge in [0.25, 0.3) is 0 Å². The van der Waals surface area contributed by atoms with Crippen LogP contribution in [0.2, 0.25) is 0 Å². The normalized spacial score (nSPS) is 31.7. The van der Waals surface area contributed by atoms with Crippen molar-refractivity contribution in [2.45, 2.75) is 356 Å². The Morgan fingerprint density at radius 1 is 0.306 bits per heavy atom. The van der Waals surface area contributed by atoms with Gasteiger partial charge in [-0.3, -0.25) is 38.4 Å². The van der Waals surface area contributed by atoms with Gasteiger partial charge in [-0.1, -0.05) is 66.7 Å². The number of esters is 4. The van der Waals surface area contributed by atoms with Gasteiger partial charge in [-0.25, -0.2) is 0 Å². The van der Waals surface area contributed by atoms with E-state index in [9.17, 15) is 120 Å². The van der Waals surface area contributed by atoms with Crippen molar-refractivity contribution < 1.29 is 193 Å². The minimum atomic E-state index is -1.79. The summed E-state index contributed by atoms with van der Waals surface area (Å²) in [7, 11) is 0. The molecular formula is C69H122O39. The van der Waals surface area contributed by atoms with Crippen molar-refractivity contribution in [2.75, 3.05) is 26.4 Å². The fourth-order valence-electron chi connectivity index (χ4n) is 11.7. The van der Waals surface area contributed by atoms with Gasteiger partial charge in [0, 0.05) is 0 Å². The van der Waals surface area contributed by atoms with E-state index in [0.717, 1.165) is 32.1 Å². The van der Waals surface area contributed by atoms with E-state index in [1.807, 2.05) is 34.6 Å². The Labute approximate surface area is 626 Å². The first kappa shape index (κ1) is 101. The Balaban J connectivity index is 0.000000720. The Hall–Kier alpha value is -5.16. The first-order valence-electron chi connectivity index (χ1n) is 36.0. The lowest BCUT2D eigenvalue weighted by atomic mass is 9.89. The third-order valence-electron chi connectivity index (χ3n) is 17.3. The highest BCUT2D eigenvalue weighted by Crippen LogP contribution is 2.31. The van der Waals surface area contributed by atoms with Gasteiger partial charge in [0.1, 0.15) is 124 Å². The third kappa shape index (κ3) is 37.9. The lowest BCUT2D eigenvalue weighted by molar-refractivity contribution is -0.310. The second-order valence-electron chi connectivity index (χ2n) is 29.3. The molecule has 4 aliphatic rings. The number of aliphatic hydroxyl groups excluding tert-OH is 12. The predicted octanol–water partition coefficient (Wildman–Crippen LogP) is -2.70. The molecule has 108 heavy (non-hydrogen) atoms. The minimum absolute atomic E-state index is 0.242. The van der Waals surface area contributed by atoms with Crippen LogP contribution in [0.15, 0.2) is 0 Å². The summed E-state index contributed by atoms with van der Waals surface area (Å²) < 4.78 is 58.3. The van der Waals surface area contributed by atoms with E-state index in [2.05, 4.69) is 0 Å². The van der Waals surface area contributed by atoms with Gasteiger partial charge in [0.2, 0.25) is 0 Å². The molecule has 0 aromatic heterocycles. The van der Waals surface area contributed by atoms with Gasteiger partial charge < -0.3 is 154 Å². The summed E-state index contributed by atoms with van der Waals surface area (Å²) >= 11 is 0. The average Bonchev–Trinajstić information content (AvgIpc) is 0.829. The third-order valence-corrected chi connectivity index (χ3v) is 17.3. The number of aliphatic hydroxyl groups is 16. The zero-order valence-electron chi connectivity index (χ0n) is 63.4. The molecule has 0 amide bonds. The van der Waals surface area contributed by atoms with Crippen LogP contribution >= 0.6 is 0 Å². The number of carboxylic acids is 4. The molecule has 632 valence electrons. The fourth-order valence-corrected chi connectivity index (χ4v) is 11.7. The molecule has 0 aromatic rings. The summed E-state index contributed by atoms with van der Waals surface area (Å²) in [5.74, 6) is -8.34. The van der Waals surface area contributed by atoms with Crippen LogP contribution < -0.4 is 0 Å². The maximum Gasteiger partial charge on any atom is 0.308 e. The van der Waals surface area contributed by atoms with Gasteiger partial charge in [0.05, 0.1) is 98.2 Å². The molecule has 20 N–H and O–H groups in total. The number of carbonyl (C=O) groups excluding carboxylic acids is 4. The second-order valence-corrected chi connectivity index (χ2v) is 29.3. The predicted molar refractivity (Wildman–Crippen MR) is 366 cm³/mol. The van der Waals surface area contributed by atoms with Gasteiger partial charge in [-0.15, -0.1) is 0 Å². The van der Waals surface area contributed by atoms with Crippen LogP contribution in [0.1, 0.15) is 192 Å². The lowest BCUT2D eigenvalue weighted by Gasteiger charge is -2.41. The van der Waals surface area contributed by atoms with E-state index < -0.39 is 264 Å². The van der Waals surface area contributed by atoms with E-state index in [1.165, 1.54) is 27.7 Å². The molecule has 0 spiro atoms. The molecule has 0 saturated carbocycles. The number of rotatable bonds is 40. The molecule has 39 heteroatoms. The van der Waals surface area contributed by atoms with Gasteiger partial charge in [0.15, 0.2) is 18.9 Å². The van der Waals surface area contributed by atoms with Crippen molar-refractivity contribution in [2.24, 2.45) is 5.92 Å². The first-order chi connectivity index (χ1) is 49.9. The minimum Gasteiger partial charge on any atom is -0.481 e. The van der Waals surface area contributed by atoms with E-state index in [4.69, 9.17) is 72.5 Å². The number of hydrogen-bond acceptors (Lipinski definition) is 35. The number of aliphatic carboxylic acids is 4. The highest BCUT2D eigenvalue weighted by molar-refractivity contribution is 5.76. The highest BCUT2D eigenvalue weighted by Gasteiger charge is 2.50. The molecule has 0 radical (unpaired) electrons. The zero-order valence-corrected chi connectivity index (χ0v) is 63.4. The lowest BCUT2D eigenvalue weighted by Crippen LogP contribution is -2.59. The zero-order chi connectivity index (χ0) is 83.1. The summed E-state index contributed by atoms with van der Waals surface area (Å²) in [4.78, 5) is 89.9. The molecule has 28 atom stereocenters. The van der Waals surface area contributed by atoms with Gasteiger partial charge >= 0.3 is 47.8 Å². The second kappa shape index (κ2) is 48.0. The molecule has 4 rings (SSSR count). The van der Waals surface area contributed by atoms with Crippen LogP contribution in [0.25, 0.3) is 0 Å². The molecule has 20 unspecified atom stereocenters. The van der Waals surface area contributed by atoms with E-state index in [-0.39, 0.29) is 30.8 Å². The summed E-state index contributed by atoms with van der Waals surface area (Å²) in [5.41, 5.74) is -7.12. The van der Waals surface area contributed by atoms with E-state index in [1.54, 1.807) is 20.8 Å². The van der Waals surface area contributed by atoms with Crippen molar-refractivity contribution in [3.8, 4) is 0 Å². The Morgan fingerprint density at radius 3 is 0.722 bits per heavy atom. The Kier molecular flexibility index (Phi) is 44.8. The largest absolute Gasteiger partial charge is 0.481 e.